The molecule has 2 rings (SSSR count). The Morgan fingerprint density at radius 2 is 2.35 bits per heavy atom. The van der Waals surface area contributed by atoms with Crippen LogP contribution < -0.4 is 5.32 Å². The van der Waals surface area contributed by atoms with Crippen LogP contribution in [-0.4, -0.2) is 35.9 Å². The van der Waals surface area contributed by atoms with Gasteiger partial charge in [-0.1, -0.05) is 0 Å². The van der Waals surface area contributed by atoms with E-state index in [2.05, 4.69) is 10.3 Å². The van der Waals surface area contributed by atoms with Gasteiger partial charge in [-0.3, -0.25) is 9.78 Å². The Hall–Kier alpha value is -1.07. The summed E-state index contributed by atoms with van der Waals surface area (Å²) in [5.41, 5.74) is 1.20. The summed E-state index contributed by atoms with van der Waals surface area (Å²) in [6.45, 7) is 1.41. The predicted octanol–water partition coefficient (Wildman–Crippen LogP) is 1.22. The van der Waals surface area contributed by atoms with E-state index in [-0.39, 0.29) is 11.9 Å². The van der Waals surface area contributed by atoms with Crippen molar-refractivity contribution in [3.8, 4) is 0 Å². The van der Waals surface area contributed by atoms with E-state index in [9.17, 15) is 4.79 Å². The SMILES string of the molecule is O=C(CSCc1ccncc1)NC1CCOC1. The highest BCUT2D eigenvalue weighted by Crippen LogP contribution is 2.11. The molecule has 0 spiro atoms. The van der Waals surface area contributed by atoms with Crippen molar-refractivity contribution in [2.75, 3.05) is 19.0 Å². The fraction of sp³-hybridized carbons (Fsp3) is 0.500. The Morgan fingerprint density at radius 3 is 3.06 bits per heavy atom. The second-order valence-electron chi connectivity index (χ2n) is 3.98. The van der Waals surface area contributed by atoms with Gasteiger partial charge in [-0.25, -0.2) is 0 Å². The van der Waals surface area contributed by atoms with Gasteiger partial charge in [0.25, 0.3) is 0 Å². The van der Waals surface area contributed by atoms with Crippen molar-refractivity contribution >= 4 is 17.7 Å². The Morgan fingerprint density at radius 1 is 1.53 bits per heavy atom. The number of aromatic nitrogens is 1. The van der Waals surface area contributed by atoms with Crippen LogP contribution >= 0.6 is 11.8 Å². The molecule has 1 atom stereocenters. The molecule has 0 aliphatic carbocycles. The maximum Gasteiger partial charge on any atom is 0.230 e. The van der Waals surface area contributed by atoms with Crippen LogP contribution in [-0.2, 0) is 15.3 Å². The van der Waals surface area contributed by atoms with E-state index in [4.69, 9.17) is 4.74 Å². The molecule has 1 saturated heterocycles. The van der Waals surface area contributed by atoms with Crippen LogP contribution in [0, 0.1) is 0 Å². The van der Waals surface area contributed by atoms with Crippen LogP contribution in [0.15, 0.2) is 24.5 Å². The van der Waals surface area contributed by atoms with Gasteiger partial charge in [0, 0.05) is 24.8 Å². The molecule has 0 saturated carbocycles. The molecule has 2 heterocycles. The number of carbonyl (C=O) groups is 1. The maximum atomic E-state index is 11.6. The van der Waals surface area contributed by atoms with Crippen molar-refractivity contribution < 1.29 is 9.53 Å². The number of hydrogen-bond donors (Lipinski definition) is 1. The van der Waals surface area contributed by atoms with Gasteiger partial charge in [-0.05, 0) is 24.1 Å². The highest BCUT2D eigenvalue weighted by Gasteiger charge is 2.17. The van der Waals surface area contributed by atoms with E-state index >= 15 is 0 Å². The Bertz CT molecular complexity index is 353. The van der Waals surface area contributed by atoms with Gasteiger partial charge in [0.1, 0.15) is 0 Å². The number of hydrogen-bond acceptors (Lipinski definition) is 4. The summed E-state index contributed by atoms with van der Waals surface area (Å²) in [5.74, 6) is 1.44. The molecule has 1 fully saturated rings. The topological polar surface area (TPSA) is 51.2 Å². The molecule has 1 aliphatic heterocycles. The first-order valence-electron chi connectivity index (χ1n) is 5.68. The zero-order valence-electron chi connectivity index (χ0n) is 9.59. The van der Waals surface area contributed by atoms with Crippen molar-refractivity contribution in [1.29, 1.82) is 0 Å². The molecule has 4 nitrogen and oxygen atoms in total. The van der Waals surface area contributed by atoms with E-state index in [1.807, 2.05) is 12.1 Å². The number of ether oxygens (including phenoxy) is 1. The second-order valence-corrected chi connectivity index (χ2v) is 4.96. The van der Waals surface area contributed by atoms with Crippen LogP contribution in [0.4, 0.5) is 0 Å². The monoisotopic (exact) mass is 252 g/mol. The average molecular weight is 252 g/mol. The minimum Gasteiger partial charge on any atom is -0.379 e. The number of thioether (sulfide) groups is 1. The quantitative estimate of drug-likeness (QED) is 0.856. The molecule has 1 N–H and O–H groups in total. The van der Waals surface area contributed by atoms with Gasteiger partial charge >= 0.3 is 0 Å². The minimum absolute atomic E-state index is 0.0968. The summed E-state index contributed by atoms with van der Waals surface area (Å²) in [5, 5.41) is 2.97. The van der Waals surface area contributed by atoms with E-state index in [1.54, 1.807) is 24.2 Å². The fourth-order valence-corrected chi connectivity index (χ4v) is 2.46. The van der Waals surface area contributed by atoms with E-state index in [1.165, 1.54) is 5.56 Å². The van der Waals surface area contributed by atoms with Crippen LogP contribution in [0.2, 0.25) is 0 Å². The lowest BCUT2D eigenvalue weighted by Crippen LogP contribution is -2.36. The molecule has 0 bridgehead atoms. The van der Waals surface area contributed by atoms with Gasteiger partial charge in [0.15, 0.2) is 0 Å². The highest BCUT2D eigenvalue weighted by molar-refractivity contribution is 7.99. The molecule has 0 aromatic carbocycles. The van der Waals surface area contributed by atoms with Crippen LogP contribution in [0.3, 0.4) is 0 Å². The molecule has 1 aliphatic rings. The van der Waals surface area contributed by atoms with Gasteiger partial charge in [0.2, 0.25) is 5.91 Å². The van der Waals surface area contributed by atoms with E-state index in [0.717, 1.165) is 18.8 Å². The van der Waals surface area contributed by atoms with Gasteiger partial charge in [-0.15, -0.1) is 11.8 Å². The molecular formula is C12H16N2O2S. The summed E-state index contributed by atoms with van der Waals surface area (Å²) >= 11 is 1.62. The number of carbonyl (C=O) groups excluding carboxylic acids is 1. The zero-order chi connectivity index (χ0) is 11.9. The normalized spacial score (nSPS) is 19.2. The first-order chi connectivity index (χ1) is 8.34. The summed E-state index contributed by atoms with van der Waals surface area (Å²) in [7, 11) is 0. The first kappa shape index (κ1) is 12.4. The number of amides is 1. The zero-order valence-corrected chi connectivity index (χ0v) is 10.4. The van der Waals surface area contributed by atoms with E-state index < -0.39 is 0 Å². The molecule has 5 heteroatoms. The Labute approximate surface area is 105 Å². The predicted molar refractivity (Wildman–Crippen MR) is 67.8 cm³/mol. The standard InChI is InChI=1S/C12H16N2O2S/c15-12(14-11-3-6-16-7-11)9-17-8-10-1-4-13-5-2-10/h1-2,4-5,11H,3,6-9H2,(H,14,15). The van der Waals surface area contributed by atoms with Gasteiger partial charge in [0.05, 0.1) is 18.4 Å². The fourth-order valence-electron chi connectivity index (χ4n) is 1.66. The third-order valence-electron chi connectivity index (χ3n) is 2.55. The number of nitrogens with zero attached hydrogens (tertiary/aromatic N) is 1. The molecule has 1 unspecified atom stereocenters. The summed E-state index contributed by atoms with van der Waals surface area (Å²) in [6, 6.07) is 4.15. The van der Waals surface area contributed by atoms with Crippen LogP contribution in [0.1, 0.15) is 12.0 Å². The number of nitrogens with one attached hydrogen (secondary N) is 1. The number of rotatable bonds is 5. The van der Waals surface area contributed by atoms with Crippen LogP contribution in [0.5, 0.6) is 0 Å². The lowest BCUT2D eigenvalue weighted by molar-refractivity contribution is -0.119. The van der Waals surface area contributed by atoms with Crippen LogP contribution in [0.25, 0.3) is 0 Å². The van der Waals surface area contributed by atoms with Crippen molar-refractivity contribution in [3.63, 3.8) is 0 Å². The third-order valence-corrected chi connectivity index (χ3v) is 3.55. The van der Waals surface area contributed by atoms with Crippen molar-refractivity contribution in [1.82, 2.24) is 10.3 Å². The lowest BCUT2D eigenvalue weighted by atomic mass is 10.3. The summed E-state index contributed by atoms with van der Waals surface area (Å²) < 4.78 is 5.20. The van der Waals surface area contributed by atoms with Crippen molar-refractivity contribution in [3.05, 3.63) is 30.1 Å². The minimum atomic E-state index is 0.0968. The molecule has 1 amide bonds. The van der Waals surface area contributed by atoms with Gasteiger partial charge < -0.3 is 10.1 Å². The average Bonchev–Trinajstić information content (AvgIpc) is 2.83. The first-order valence-corrected chi connectivity index (χ1v) is 6.84. The second kappa shape index (κ2) is 6.61. The van der Waals surface area contributed by atoms with Crippen molar-refractivity contribution in [2.24, 2.45) is 0 Å². The van der Waals surface area contributed by atoms with Crippen molar-refractivity contribution in [2.45, 2.75) is 18.2 Å². The highest BCUT2D eigenvalue weighted by atomic mass is 32.2. The number of pyridine rings is 1. The maximum absolute atomic E-state index is 11.6. The summed E-state index contributed by atoms with van der Waals surface area (Å²) in [6.07, 6.45) is 4.47. The van der Waals surface area contributed by atoms with E-state index in [0.29, 0.717) is 12.4 Å². The molecule has 17 heavy (non-hydrogen) atoms. The Balaban J connectivity index is 1.63. The molecular weight excluding hydrogens is 236 g/mol. The molecule has 0 radical (unpaired) electrons. The largest absolute Gasteiger partial charge is 0.379 e. The summed E-state index contributed by atoms with van der Waals surface area (Å²) in [4.78, 5) is 15.5. The Kier molecular flexibility index (Phi) is 4.82. The molecule has 92 valence electrons. The molecule has 1 aromatic heterocycles. The van der Waals surface area contributed by atoms with Gasteiger partial charge in [-0.2, -0.15) is 0 Å². The smallest absolute Gasteiger partial charge is 0.230 e. The molecule has 1 aromatic rings. The lowest BCUT2D eigenvalue weighted by Gasteiger charge is -2.10. The third kappa shape index (κ3) is 4.36.